The molecule has 0 aliphatic rings. The molecule has 1 atom stereocenters. The van der Waals surface area contributed by atoms with Gasteiger partial charge in [0, 0.05) is 11.3 Å². The number of hydrogen-bond acceptors (Lipinski definition) is 5. The van der Waals surface area contributed by atoms with E-state index < -0.39 is 23.6 Å². The van der Waals surface area contributed by atoms with E-state index in [4.69, 9.17) is 10.00 Å². The molecular formula is C14H19N3O3S. The van der Waals surface area contributed by atoms with Crippen molar-refractivity contribution in [1.82, 2.24) is 10.6 Å². The van der Waals surface area contributed by atoms with E-state index in [0.29, 0.717) is 6.42 Å². The topological polar surface area (TPSA) is 91.2 Å². The average molecular weight is 309 g/mol. The normalized spacial score (nSPS) is 12.1. The van der Waals surface area contributed by atoms with Gasteiger partial charge in [-0.2, -0.15) is 5.26 Å². The van der Waals surface area contributed by atoms with Crippen LogP contribution in [0.1, 0.15) is 25.6 Å². The Morgan fingerprint density at radius 3 is 2.71 bits per heavy atom. The van der Waals surface area contributed by atoms with E-state index in [-0.39, 0.29) is 6.54 Å². The van der Waals surface area contributed by atoms with Crippen molar-refractivity contribution in [2.75, 3.05) is 6.54 Å². The number of hydrogen-bond donors (Lipinski definition) is 2. The highest BCUT2D eigenvalue weighted by Crippen LogP contribution is 2.12. The molecular weight excluding hydrogens is 290 g/mol. The minimum Gasteiger partial charge on any atom is -0.444 e. The van der Waals surface area contributed by atoms with Crippen LogP contribution in [0.3, 0.4) is 0 Å². The molecule has 0 unspecified atom stereocenters. The summed E-state index contributed by atoms with van der Waals surface area (Å²) in [7, 11) is 0. The van der Waals surface area contributed by atoms with Crippen LogP contribution in [0, 0.1) is 11.3 Å². The summed E-state index contributed by atoms with van der Waals surface area (Å²) in [6.07, 6.45) is -0.301. The molecule has 0 aliphatic heterocycles. The molecule has 1 heterocycles. The Labute approximate surface area is 128 Å². The van der Waals surface area contributed by atoms with E-state index in [1.165, 1.54) is 11.3 Å². The van der Waals surface area contributed by atoms with Crippen LogP contribution >= 0.6 is 11.3 Å². The summed E-state index contributed by atoms with van der Waals surface area (Å²) in [6, 6.07) is 4.81. The molecule has 2 amide bonds. The molecule has 21 heavy (non-hydrogen) atoms. The molecule has 0 saturated heterocycles. The van der Waals surface area contributed by atoms with Gasteiger partial charge in [-0.15, -0.1) is 11.3 Å². The summed E-state index contributed by atoms with van der Waals surface area (Å²) < 4.78 is 5.15. The maximum Gasteiger partial charge on any atom is 0.408 e. The fourth-order valence-electron chi connectivity index (χ4n) is 1.54. The predicted molar refractivity (Wildman–Crippen MR) is 79.8 cm³/mol. The molecule has 0 aromatic carbocycles. The van der Waals surface area contributed by atoms with Gasteiger partial charge in [-0.05, 0) is 32.2 Å². The van der Waals surface area contributed by atoms with Gasteiger partial charge in [0.05, 0.1) is 6.07 Å². The van der Waals surface area contributed by atoms with Crippen molar-refractivity contribution in [2.45, 2.75) is 38.8 Å². The molecule has 0 aliphatic carbocycles. The molecule has 0 radical (unpaired) electrons. The van der Waals surface area contributed by atoms with Crippen LogP contribution in [0.2, 0.25) is 0 Å². The lowest BCUT2D eigenvalue weighted by Gasteiger charge is -2.23. The smallest absolute Gasteiger partial charge is 0.408 e. The number of amides is 2. The Bertz CT molecular complexity index is 515. The Morgan fingerprint density at radius 2 is 2.19 bits per heavy atom. The van der Waals surface area contributed by atoms with Gasteiger partial charge >= 0.3 is 6.09 Å². The zero-order valence-electron chi connectivity index (χ0n) is 12.3. The van der Waals surface area contributed by atoms with E-state index in [1.807, 2.05) is 23.6 Å². The monoisotopic (exact) mass is 309 g/mol. The molecule has 0 bridgehead atoms. The van der Waals surface area contributed by atoms with Crippen molar-refractivity contribution >= 4 is 23.3 Å². The first kappa shape index (κ1) is 17.0. The van der Waals surface area contributed by atoms with E-state index in [9.17, 15) is 9.59 Å². The second-order valence-electron chi connectivity index (χ2n) is 5.36. The lowest BCUT2D eigenvalue weighted by atomic mass is 10.1. The van der Waals surface area contributed by atoms with Crippen LogP contribution in [-0.4, -0.2) is 30.2 Å². The molecule has 6 nitrogen and oxygen atoms in total. The summed E-state index contributed by atoms with van der Waals surface area (Å²) in [4.78, 5) is 24.8. The quantitative estimate of drug-likeness (QED) is 0.812. The molecule has 2 N–H and O–H groups in total. The number of nitriles is 1. The average Bonchev–Trinajstić information content (AvgIpc) is 2.85. The molecule has 1 aromatic heterocycles. The predicted octanol–water partition coefficient (Wildman–Crippen LogP) is 1.82. The third-order valence-corrected chi connectivity index (χ3v) is 3.23. The first-order chi connectivity index (χ1) is 9.81. The number of ether oxygens (including phenoxy) is 1. The van der Waals surface area contributed by atoms with Crippen molar-refractivity contribution < 1.29 is 14.3 Å². The first-order valence-corrected chi connectivity index (χ1v) is 7.36. The standard InChI is InChI=1S/C14H19N3O3S/c1-14(2,3)20-13(19)17-11(12(18)16-7-6-15)9-10-5-4-8-21-10/h4-5,8,11H,7,9H2,1-3H3,(H,16,18)(H,17,19)/t11-/m0/s1. The van der Waals surface area contributed by atoms with Crippen LogP contribution in [-0.2, 0) is 16.0 Å². The minimum absolute atomic E-state index is 0.101. The lowest BCUT2D eigenvalue weighted by Crippen LogP contribution is -2.49. The third kappa shape index (κ3) is 6.77. The fraction of sp³-hybridized carbons (Fsp3) is 0.500. The first-order valence-electron chi connectivity index (χ1n) is 6.48. The highest BCUT2D eigenvalue weighted by molar-refractivity contribution is 7.09. The zero-order chi connectivity index (χ0) is 15.9. The van der Waals surface area contributed by atoms with Crippen molar-refractivity contribution in [3.8, 4) is 6.07 Å². The van der Waals surface area contributed by atoms with Gasteiger partial charge in [0.2, 0.25) is 5.91 Å². The van der Waals surface area contributed by atoms with E-state index in [2.05, 4.69) is 10.6 Å². The van der Waals surface area contributed by atoms with Gasteiger partial charge in [0.15, 0.2) is 0 Å². The lowest BCUT2D eigenvalue weighted by molar-refractivity contribution is -0.122. The van der Waals surface area contributed by atoms with Crippen molar-refractivity contribution in [1.29, 1.82) is 5.26 Å². The van der Waals surface area contributed by atoms with Crippen LogP contribution in [0.25, 0.3) is 0 Å². The second-order valence-corrected chi connectivity index (χ2v) is 6.39. The van der Waals surface area contributed by atoms with Gasteiger partial charge in [-0.25, -0.2) is 4.79 Å². The molecule has 0 saturated carbocycles. The van der Waals surface area contributed by atoms with Gasteiger partial charge in [-0.1, -0.05) is 6.07 Å². The maximum atomic E-state index is 12.0. The fourth-order valence-corrected chi connectivity index (χ4v) is 2.29. The summed E-state index contributed by atoms with van der Waals surface area (Å²) in [6.45, 7) is 5.14. The van der Waals surface area contributed by atoms with Crippen LogP contribution in [0.5, 0.6) is 0 Å². The van der Waals surface area contributed by atoms with Crippen molar-refractivity contribution in [3.63, 3.8) is 0 Å². The van der Waals surface area contributed by atoms with Crippen LogP contribution < -0.4 is 10.6 Å². The van der Waals surface area contributed by atoms with E-state index in [1.54, 1.807) is 20.8 Å². The van der Waals surface area contributed by atoms with Gasteiger partial charge in [0.1, 0.15) is 18.2 Å². The largest absolute Gasteiger partial charge is 0.444 e. The molecule has 114 valence electrons. The Morgan fingerprint density at radius 1 is 1.48 bits per heavy atom. The molecule has 1 rings (SSSR count). The summed E-state index contributed by atoms with van der Waals surface area (Å²) in [5, 5.41) is 15.4. The van der Waals surface area contributed by atoms with E-state index in [0.717, 1.165) is 4.88 Å². The number of alkyl carbamates (subject to hydrolysis) is 1. The van der Waals surface area contributed by atoms with E-state index >= 15 is 0 Å². The highest BCUT2D eigenvalue weighted by Gasteiger charge is 2.24. The molecule has 0 fully saturated rings. The maximum absolute atomic E-state index is 12.0. The Hall–Kier alpha value is -2.07. The van der Waals surface area contributed by atoms with Crippen LogP contribution in [0.4, 0.5) is 4.79 Å². The van der Waals surface area contributed by atoms with Crippen molar-refractivity contribution in [3.05, 3.63) is 22.4 Å². The number of nitrogens with zero attached hydrogens (tertiary/aromatic N) is 1. The van der Waals surface area contributed by atoms with Gasteiger partial charge in [0.25, 0.3) is 0 Å². The summed E-state index contributed by atoms with van der Waals surface area (Å²) >= 11 is 1.50. The van der Waals surface area contributed by atoms with Gasteiger partial charge < -0.3 is 15.4 Å². The molecule has 0 spiro atoms. The third-order valence-electron chi connectivity index (χ3n) is 2.33. The highest BCUT2D eigenvalue weighted by atomic mass is 32.1. The number of rotatable bonds is 5. The Balaban J connectivity index is 2.69. The van der Waals surface area contributed by atoms with Crippen LogP contribution in [0.15, 0.2) is 17.5 Å². The van der Waals surface area contributed by atoms with Gasteiger partial charge in [-0.3, -0.25) is 4.79 Å². The number of carbonyl (C=O) groups excluding carboxylic acids is 2. The Kier molecular flexibility index (Phi) is 6.18. The van der Waals surface area contributed by atoms with Crippen molar-refractivity contribution in [2.24, 2.45) is 0 Å². The summed E-state index contributed by atoms with van der Waals surface area (Å²) in [5.41, 5.74) is -0.638. The number of carbonyl (C=O) groups is 2. The number of thiophene rings is 1. The SMILES string of the molecule is CC(C)(C)OC(=O)N[C@@H](Cc1cccs1)C(=O)NCC#N. The second kappa shape index (κ2) is 7.64. The minimum atomic E-state index is -0.771. The molecule has 1 aromatic rings. The molecule has 7 heteroatoms. The zero-order valence-corrected chi connectivity index (χ0v) is 13.1. The summed E-state index contributed by atoms with van der Waals surface area (Å²) in [5.74, 6) is -0.407. The number of nitrogens with one attached hydrogen (secondary N) is 2.